The molecule has 0 aliphatic carbocycles. The van der Waals surface area contributed by atoms with E-state index in [1.54, 1.807) is 0 Å². The number of amides is 2. The maximum atomic E-state index is 12.6. The normalized spacial score (nSPS) is 13.2. The topological polar surface area (TPSA) is 95.9 Å². The Morgan fingerprint density at radius 1 is 1.18 bits per heavy atom. The molecule has 2 aromatic carbocycles. The molecule has 0 saturated carbocycles. The molecule has 0 spiro atoms. The third kappa shape index (κ3) is 4.31. The number of aryl methyl sites for hydroxylation is 1. The number of carboxylic acids is 1. The summed E-state index contributed by atoms with van der Waals surface area (Å²) in [6.45, 7) is 3.51. The van der Waals surface area contributed by atoms with Crippen molar-refractivity contribution in [3.05, 3.63) is 53.6 Å². The van der Waals surface area contributed by atoms with Gasteiger partial charge < -0.3 is 20.1 Å². The molecule has 1 aliphatic rings. The molecule has 0 saturated heterocycles. The minimum Gasteiger partial charge on any atom is -0.489 e. The second-order valence-corrected chi connectivity index (χ2v) is 6.84. The van der Waals surface area contributed by atoms with Crippen LogP contribution in [0.2, 0.25) is 0 Å². The Hall–Kier alpha value is -3.35. The second-order valence-electron chi connectivity index (χ2n) is 6.84. The van der Waals surface area contributed by atoms with Crippen LogP contribution in [0.4, 0.5) is 11.4 Å². The van der Waals surface area contributed by atoms with Crippen LogP contribution in [0.15, 0.2) is 42.5 Å². The van der Waals surface area contributed by atoms with E-state index in [-0.39, 0.29) is 29.8 Å². The molecule has 2 aromatic rings. The minimum atomic E-state index is -1.10. The smallest absolute Gasteiger partial charge is 0.335 e. The van der Waals surface area contributed by atoms with Crippen molar-refractivity contribution in [3.8, 4) is 5.75 Å². The summed E-state index contributed by atoms with van der Waals surface area (Å²) < 4.78 is 5.66. The highest BCUT2D eigenvalue weighted by Crippen LogP contribution is 2.29. The lowest BCUT2D eigenvalue weighted by Crippen LogP contribution is -2.40. The van der Waals surface area contributed by atoms with Gasteiger partial charge in [0, 0.05) is 12.1 Å². The first-order valence-corrected chi connectivity index (χ1v) is 9.07. The average Bonchev–Trinajstić information content (AvgIpc) is 2.65. The molecule has 2 amide bonds. The van der Waals surface area contributed by atoms with E-state index in [1.807, 2.05) is 38.1 Å². The maximum Gasteiger partial charge on any atom is 0.335 e. The van der Waals surface area contributed by atoms with Crippen molar-refractivity contribution in [2.45, 2.75) is 32.8 Å². The van der Waals surface area contributed by atoms with Crippen LogP contribution in [0.1, 0.15) is 36.2 Å². The first-order valence-electron chi connectivity index (χ1n) is 9.07. The Morgan fingerprint density at radius 2 is 1.93 bits per heavy atom. The standard InChI is InChI=1S/C21H22N2O5/c1-13(2)28-18-9-7-15(21(26)27)11-16(18)22-19(24)12-23-17-6-4-3-5-14(17)8-10-20(23)25/h3-7,9,11,13H,8,10,12H2,1-2H3,(H,22,24)(H,26,27). The first kappa shape index (κ1) is 19.4. The summed E-state index contributed by atoms with van der Waals surface area (Å²) in [4.78, 5) is 37.7. The van der Waals surface area contributed by atoms with Gasteiger partial charge in [0.15, 0.2) is 0 Å². The van der Waals surface area contributed by atoms with Crippen molar-refractivity contribution in [3.63, 3.8) is 0 Å². The molecule has 28 heavy (non-hydrogen) atoms. The van der Waals surface area contributed by atoms with Crippen LogP contribution in [-0.2, 0) is 16.0 Å². The van der Waals surface area contributed by atoms with E-state index in [0.29, 0.717) is 18.6 Å². The molecule has 1 aliphatic heterocycles. The zero-order valence-electron chi connectivity index (χ0n) is 15.8. The van der Waals surface area contributed by atoms with Gasteiger partial charge in [-0.2, -0.15) is 0 Å². The number of nitrogens with zero attached hydrogens (tertiary/aromatic N) is 1. The lowest BCUT2D eigenvalue weighted by atomic mass is 10.0. The number of nitrogens with one attached hydrogen (secondary N) is 1. The number of benzene rings is 2. The van der Waals surface area contributed by atoms with Gasteiger partial charge in [-0.15, -0.1) is 0 Å². The van der Waals surface area contributed by atoms with E-state index in [2.05, 4.69) is 5.32 Å². The SMILES string of the molecule is CC(C)Oc1ccc(C(=O)O)cc1NC(=O)CN1C(=O)CCc2ccccc21. The van der Waals surface area contributed by atoms with Crippen molar-refractivity contribution in [1.82, 2.24) is 0 Å². The van der Waals surface area contributed by atoms with Crippen LogP contribution >= 0.6 is 0 Å². The summed E-state index contributed by atoms with van der Waals surface area (Å²) in [6.07, 6.45) is 0.850. The quantitative estimate of drug-likeness (QED) is 0.800. The van der Waals surface area contributed by atoms with Crippen LogP contribution in [0.25, 0.3) is 0 Å². The predicted molar refractivity (Wildman–Crippen MR) is 105 cm³/mol. The molecule has 3 rings (SSSR count). The van der Waals surface area contributed by atoms with E-state index >= 15 is 0 Å². The lowest BCUT2D eigenvalue weighted by Gasteiger charge is -2.29. The summed E-state index contributed by atoms with van der Waals surface area (Å²) in [5.41, 5.74) is 2.04. The van der Waals surface area contributed by atoms with E-state index in [4.69, 9.17) is 4.74 Å². The maximum absolute atomic E-state index is 12.6. The molecule has 0 fully saturated rings. The van der Waals surface area contributed by atoms with Gasteiger partial charge in [-0.3, -0.25) is 9.59 Å². The number of anilines is 2. The zero-order valence-corrected chi connectivity index (χ0v) is 15.8. The Morgan fingerprint density at radius 3 is 2.64 bits per heavy atom. The Bertz CT molecular complexity index is 923. The molecule has 7 heteroatoms. The van der Waals surface area contributed by atoms with Crippen LogP contribution in [0.3, 0.4) is 0 Å². The molecule has 0 unspecified atom stereocenters. The van der Waals surface area contributed by atoms with Gasteiger partial charge >= 0.3 is 5.97 Å². The van der Waals surface area contributed by atoms with Crippen molar-refractivity contribution in [1.29, 1.82) is 0 Å². The summed E-state index contributed by atoms with van der Waals surface area (Å²) in [7, 11) is 0. The number of carboxylic acid groups (broad SMARTS) is 1. The molecular formula is C21H22N2O5. The molecule has 7 nitrogen and oxygen atoms in total. The number of hydrogen-bond acceptors (Lipinski definition) is 4. The molecule has 0 atom stereocenters. The van der Waals surface area contributed by atoms with E-state index in [9.17, 15) is 19.5 Å². The van der Waals surface area contributed by atoms with Crippen LogP contribution < -0.4 is 15.0 Å². The summed E-state index contributed by atoms with van der Waals surface area (Å²) in [6, 6.07) is 11.8. The summed E-state index contributed by atoms with van der Waals surface area (Å²) in [5.74, 6) is -1.28. The number of carbonyl (C=O) groups is 3. The van der Waals surface area contributed by atoms with E-state index in [1.165, 1.54) is 23.1 Å². The second kappa shape index (κ2) is 8.12. The number of aromatic carboxylic acids is 1. The largest absolute Gasteiger partial charge is 0.489 e. The molecule has 0 bridgehead atoms. The number of fused-ring (bicyclic) bond motifs is 1. The van der Waals surface area contributed by atoms with Gasteiger partial charge in [-0.1, -0.05) is 18.2 Å². The molecule has 1 heterocycles. The van der Waals surface area contributed by atoms with Crippen molar-refractivity contribution in [2.24, 2.45) is 0 Å². The third-order valence-electron chi connectivity index (χ3n) is 4.36. The van der Waals surface area contributed by atoms with Gasteiger partial charge in [-0.25, -0.2) is 4.79 Å². The third-order valence-corrected chi connectivity index (χ3v) is 4.36. The molecular weight excluding hydrogens is 360 g/mol. The lowest BCUT2D eigenvalue weighted by molar-refractivity contribution is -0.121. The van der Waals surface area contributed by atoms with Crippen molar-refractivity contribution >= 4 is 29.2 Å². The highest BCUT2D eigenvalue weighted by atomic mass is 16.5. The number of carbonyl (C=O) groups excluding carboxylic acids is 2. The number of hydrogen-bond donors (Lipinski definition) is 2. The average molecular weight is 382 g/mol. The highest BCUT2D eigenvalue weighted by Gasteiger charge is 2.26. The number of para-hydroxylation sites is 1. The predicted octanol–water partition coefficient (Wildman–Crippen LogP) is 3.09. The van der Waals surface area contributed by atoms with Crippen molar-refractivity contribution in [2.75, 3.05) is 16.8 Å². The number of ether oxygens (including phenoxy) is 1. The fraction of sp³-hybridized carbons (Fsp3) is 0.286. The number of rotatable bonds is 6. The van der Waals surface area contributed by atoms with Gasteiger partial charge in [-0.05, 0) is 50.1 Å². The molecule has 146 valence electrons. The van der Waals surface area contributed by atoms with Gasteiger partial charge in [0.25, 0.3) is 0 Å². The van der Waals surface area contributed by atoms with Crippen molar-refractivity contribution < 1.29 is 24.2 Å². The Kier molecular flexibility index (Phi) is 5.63. The van der Waals surface area contributed by atoms with Gasteiger partial charge in [0.1, 0.15) is 12.3 Å². The summed E-state index contributed by atoms with van der Waals surface area (Å²) >= 11 is 0. The molecule has 2 N–H and O–H groups in total. The summed E-state index contributed by atoms with van der Waals surface area (Å²) in [5, 5.41) is 11.9. The Balaban J connectivity index is 1.82. The fourth-order valence-electron chi connectivity index (χ4n) is 3.12. The monoisotopic (exact) mass is 382 g/mol. The Labute approximate surface area is 162 Å². The van der Waals surface area contributed by atoms with Gasteiger partial charge in [0.05, 0.1) is 17.4 Å². The van der Waals surface area contributed by atoms with E-state index < -0.39 is 11.9 Å². The van der Waals surface area contributed by atoms with Crippen LogP contribution in [0.5, 0.6) is 5.75 Å². The van der Waals surface area contributed by atoms with E-state index in [0.717, 1.165) is 11.3 Å². The first-order chi connectivity index (χ1) is 13.3. The van der Waals surface area contributed by atoms with Crippen LogP contribution in [-0.4, -0.2) is 35.5 Å². The fourth-order valence-corrected chi connectivity index (χ4v) is 3.12. The van der Waals surface area contributed by atoms with Gasteiger partial charge in [0.2, 0.25) is 11.8 Å². The van der Waals surface area contributed by atoms with Crippen LogP contribution in [0, 0.1) is 0 Å². The minimum absolute atomic E-state index is 0.0331. The molecule has 0 aromatic heterocycles. The zero-order chi connectivity index (χ0) is 20.3. The molecule has 0 radical (unpaired) electrons. The highest BCUT2D eigenvalue weighted by molar-refractivity contribution is 6.05.